The topological polar surface area (TPSA) is 3.88 Å². The lowest BCUT2D eigenvalue weighted by Gasteiger charge is -1.98. The lowest BCUT2D eigenvalue weighted by Crippen LogP contribution is -2.32. The van der Waals surface area contributed by atoms with Crippen molar-refractivity contribution in [2.75, 3.05) is 0 Å². The zero-order valence-electron chi connectivity index (χ0n) is 8.04. The Morgan fingerprint density at radius 1 is 1.00 bits per heavy atom. The minimum atomic E-state index is 1.00. The third-order valence-corrected chi connectivity index (χ3v) is 2.05. The van der Waals surface area contributed by atoms with E-state index in [0.717, 1.165) is 6.54 Å². The van der Waals surface area contributed by atoms with E-state index in [4.69, 9.17) is 0 Å². The third-order valence-electron chi connectivity index (χ3n) is 2.05. The van der Waals surface area contributed by atoms with Crippen molar-refractivity contribution in [2.24, 2.45) is 0 Å². The predicted octanol–water partition coefficient (Wildman–Crippen LogP) is 2.33. The summed E-state index contributed by atoms with van der Waals surface area (Å²) in [6.07, 6.45) is 4.18. The summed E-state index contributed by atoms with van der Waals surface area (Å²) >= 11 is 0. The van der Waals surface area contributed by atoms with Gasteiger partial charge in [0.15, 0.2) is 18.9 Å². The van der Waals surface area contributed by atoms with Crippen molar-refractivity contribution in [1.29, 1.82) is 0 Å². The molecule has 0 bridgehead atoms. The molecular formula is C11H16N+. The predicted molar refractivity (Wildman–Crippen MR) is 50.7 cm³/mol. The molecule has 0 fully saturated rings. The molecule has 0 N–H and O–H groups in total. The van der Waals surface area contributed by atoms with E-state index in [2.05, 4.69) is 49.9 Å². The van der Waals surface area contributed by atoms with Gasteiger partial charge in [-0.05, 0) is 26.3 Å². The van der Waals surface area contributed by atoms with E-state index in [-0.39, 0.29) is 0 Å². The first-order valence-electron chi connectivity index (χ1n) is 4.27. The second kappa shape index (κ2) is 4.05. The van der Waals surface area contributed by atoms with Gasteiger partial charge >= 0.3 is 0 Å². The van der Waals surface area contributed by atoms with E-state index >= 15 is 0 Å². The maximum Gasteiger partial charge on any atom is 0.169 e. The van der Waals surface area contributed by atoms with Crippen LogP contribution in [0.25, 0.3) is 0 Å². The van der Waals surface area contributed by atoms with E-state index in [0.29, 0.717) is 0 Å². The average Bonchev–Trinajstić information content (AvgIpc) is 2.06. The van der Waals surface area contributed by atoms with Crippen LogP contribution in [-0.4, -0.2) is 0 Å². The molecule has 0 amide bonds. The highest BCUT2D eigenvalue weighted by molar-refractivity contribution is 5.04. The minimum Gasteiger partial charge on any atom is -0.201 e. The van der Waals surface area contributed by atoms with Crippen LogP contribution < -0.4 is 4.57 Å². The normalized spacial score (nSPS) is 9.58. The van der Waals surface area contributed by atoms with Crippen LogP contribution in [0.4, 0.5) is 0 Å². The van der Waals surface area contributed by atoms with Gasteiger partial charge in [-0.25, -0.2) is 4.57 Å². The van der Waals surface area contributed by atoms with Gasteiger partial charge in [0.05, 0.1) is 0 Å². The molecule has 1 heteroatoms. The second-order valence-electron chi connectivity index (χ2n) is 3.33. The van der Waals surface area contributed by atoms with Gasteiger partial charge in [0, 0.05) is 12.1 Å². The van der Waals surface area contributed by atoms with Crippen LogP contribution in [0.1, 0.15) is 20.8 Å². The average molecular weight is 162 g/mol. The van der Waals surface area contributed by atoms with E-state index in [1.807, 2.05) is 6.07 Å². The molecular weight excluding hydrogens is 146 g/mol. The van der Waals surface area contributed by atoms with Crippen LogP contribution in [0.2, 0.25) is 0 Å². The molecule has 0 radical (unpaired) electrons. The molecule has 0 aliphatic rings. The Balaban J connectivity index is 2.72. The molecule has 0 atom stereocenters. The standard InChI is InChI=1S/C11H16N/c1-10(2)11(3)9-12-7-5-4-6-8-12/h4-8H,9H2,1-3H3/q+1. The number of hydrogen-bond donors (Lipinski definition) is 0. The van der Waals surface area contributed by atoms with Gasteiger partial charge in [-0.3, -0.25) is 0 Å². The van der Waals surface area contributed by atoms with Crippen LogP contribution in [0.5, 0.6) is 0 Å². The Morgan fingerprint density at radius 3 is 2.08 bits per heavy atom. The second-order valence-corrected chi connectivity index (χ2v) is 3.33. The van der Waals surface area contributed by atoms with Gasteiger partial charge in [0.25, 0.3) is 0 Å². The third kappa shape index (κ3) is 2.50. The van der Waals surface area contributed by atoms with Gasteiger partial charge in [-0.2, -0.15) is 0 Å². The zero-order chi connectivity index (χ0) is 8.97. The Hall–Kier alpha value is -1.11. The van der Waals surface area contributed by atoms with Crippen LogP contribution >= 0.6 is 0 Å². The molecule has 0 aromatic carbocycles. The van der Waals surface area contributed by atoms with Gasteiger partial charge in [-0.15, -0.1) is 0 Å². The van der Waals surface area contributed by atoms with E-state index in [1.165, 1.54) is 11.1 Å². The monoisotopic (exact) mass is 162 g/mol. The Bertz CT molecular complexity index is 268. The van der Waals surface area contributed by atoms with Crippen molar-refractivity contribution in [2.45, 2.75) is 27.3 Å². The highest BCUT2D eigenvalue weighted by atomic mass is 14.9. The molecule has 1 aromatic heterocycles. The van der Waals surface area contributed by atoms with Gasteiger partial charge in [0.2, 0.25) is 0 Å². The summed E-state index contributed by atoms with van der Waals surface area (Å²) < 4.78 is 2.18. The largest absolute Gasteiger partial charge is 0.201 e. The first kappa shape index (κ1) is 8.98. The number of hydrogen-bond acceptors (Lipinski definition) is 0. The van der Waals surface area contributed by atoms with Crippen LogP contribution in [0.15, 0.2) is 41.7 Å². The van der Waals surface area contributed by atoms with Crippen LogP contribution in [-0.2, 0) is 6.54 Å². The Labute approximate surface area is 74.4 Å². The summed E-state index contributed by atoms with van der Waals surface area (Å²) in [5, 5.41) is 0. The molecule has 1 aromatic rings. The van der Waals surface area contributed by atoms with Crippen molar-refractivity contribution in [1.82, 2.24) is 0 Å². The quantitative estimate of drug-likeness (QED) is 0.464. The van der Waals surface area contributed by atoms with Crippen molar-refractivity contribution in [3.05, 3.63) is 41.7 Å². The summed E-state index contributed by atoms with van der Waals surface area (Å²) in [4.78, 5) is 0. The first-order valence-corrected chi connectivity index (χ1v) is 4.27. The van der Waals surface area contributed by atoms with Crippen LogP contribution in [0.3, 0.4) is 0 Å². The molecule has 12 heavy (non-hydrogen) atoms. The number of rotatable bonds is 2. The molecule has 1 nitrogen and oxygen atoms in total. The van der Waals surface area contributed by atoms with Crippen LogP contribution in [0, 0.1) is 0 Å². The fraction of sp³-hybridized carbons (Fsp3) is 0.364. The summed E-state index contributed by atoms with van der Waals surface area (Å²) in [6.45, 7) is 7.48. The molecule has 0 saturated carbocycles. The molecule has 0 aliphatic heterocycles. The maximum absolute atomic E-state index is 2.18. The van der Waals surface area contributed by atoms with E-state index in [9.17, 15) is 0 Å². The SMILES string of the molecule is CC(C)=C(C)C[n+]1ccccc1. The van der Waals surface area contributed by atoms with E-state index < -0.39 is 0 Å². The van der Waals surface area contributed by atoms with Crippen molar-refractivity contribution in [3.63, 3.8) is 0 Å². The summed E-state index contributed by atoms with van der Waals surface area (Å²) in [5.74, 6) is 0. The zero-order valence-corrected chi connectivity index (χ0v) is 8.04. The number of nitrogens with zero attached hydrogens (tertiary/aromatic N) is 1. The molecule has 64 valence electrons. The Kier molecular flexibility index (Phi) is 3.03. The van der Waals surface area contributed by atoms with Gasteiger partial charge in [0.1, 0.15) is 0 Å². The minimum absolute atomic E-state index is 1.00. The fourth-order valence-corrected chi connectivity index (χ4v) is 0.972. The van der Waals surface area contributed by atoms with Gasteiger partial charge < -0.3 is 0 Å². The molecule has 1 rings (SSSR count). The lowest BCUT2D eigenvalue weighted by atomic mass is 10.2. The molecule has 1 heterocycles. The highest BCUT2D eigenvalue weighted by Crippen LogP contribution is 2.00. The smallest absolute Gasteiger partial charge is 0.169 e. The maximum atomic E-state index is 2.18. The fourth-order valence-electron chi connectivity index (χ4n) is 0.972. The Morgan fingerprint density at radius 2 is 1.58 bits per heavy atom. The molecule has 0 saturated heterocycles. The molecule has 0 spiro atoms. The highest BCUT2D eigenvalue weighted by Gasteiger charge is 1.99. The number of aromatic nitrogens is 1. The van der Waals surface area contributed by atoms with Crippen molar-refractivity contribution in [3.8, 4) is 0 Å². The lowest BCUT2D eigenvalue weighted by molar-refractivity contribution is -0.689. The summed E-state index contributed by atoms with van der Waals surface area (Å²) in [6, 6.07) is 6.14. The van der Waals surface area contributed by atoms with Crippen molar-refractivity contribution < 1.29 is 4.57 Å². The number of pyridine rings is 1. The summed E-state index contributed by atoms with van der Waals surface area (Å²) in [5.41, 5.74) is 2.84. The summed E-state index contributed by atoms with van der Waals surface area (Å²) in [7, 11) is 0. The number of allylic oxidation sites excluding steroid dienone is 2. The van der Waals surface area contributed by atoms with E-state index in [1.54, 1.807) is 0 Å². The first-order chi connectivity index (χ1) is 5.70. The molecule has 0 unspecified atom stereocenters. The molecule has 0 aliphatic carbocycles. The van der Waals surface area contributed by atoms with Gasteiger partial charge in [-0.1, -0.05) is 11.6 Å². The van der Waals surface area contributed by atoms with Crippen molar-refractivity contribution >= 4 is 0 Å².